The van der Waals surface area contributed by atoms with Crippen molar-refractivity contribution in [1.29, 1.82) is 5.26 Å². The summed E-state index contributed by atoms with van der Waals surface area (Å²) in [6, 6.07) is 12.0. The van der Waals surface area contributed by atoms with E-state index in [0.717, 1.165) is 0 Å². The van der Waals surface area contributed by atoms with Crippen molar-refractivity contribution >= 4 is 45.2 Å². The zero-order valence-corrected chi connectivity index (χ0v) is 15.8. The first-order valence-electron chi connectivity index (χ1n) is 7.08. The molecule has 0 bridgehead atoms. The molecular formula is C18H14BrClN2O3. The van der Waals surface area contributed by atoms with E-state index in [2.05, 4.69) is 21.2 Å². The summed E-state index contributed by atoms with van der Waals surface area (Å²) in [6.07, 6.45) is 1.45. The van der Waals surface area contributed by atoms with E-state index in [0.29, 0.717) is 32.2 Å². The summed E-state index contributed by atoms with van der Waals surface area (Å²) in [6.45, 7) is 0. The first kappa shape index (κ1) is 18.8. The maximum absolute atomic E-state index is 12.3. The standard InChI is InChI=1S/C18H14BrClN2O3/c1-24-14-5-3-13(4-6-14)22-18(23)12(10-21)7-11-8-15(19)17(25-2)16(20)9-11/h3-9H,1-2H3,(H,22,23)/b12-7-. The zero-order chi connectivity index (χ0) is 18.4. The van der Waals surface area contributed by atoms with E-state index >= 15 is 0 Å². The molecule has 0 aliphatic heterocycles. The molecular weight excluding hydrogens is 408 g/mol. The molecule has 0 saturated carbocycles. The van der Waals surface area contributed by atoms with Crippen LogP contribution in [0.25, 0.3) is 6.08 Å². The molecule has 2 rings (SSSR count). The third-order valence-corrected chi connectivity index (χ3v) is 4.12. The van der Waals surface area contributed by atoms with Gasteiger partial charge in [0.15, 0.2) is 5.75 Å². The number of hydrogen-bond donors (Lipinski definition) is 1. The van der Waals surface area contributed by atoms with E-state index in [1.165, 1.54) is 13.2 Å². The third-order valence-electron chi connectivity index (χ3n) is 3.25. The highest BCUT2D eigenvalue weighted by molar-refractivity contribution is 9.10. The molecule has 2 aromatic rings. The van der Waals surface area contributed by atoms with Gasteiger partial charge in [-0.2, -0.15) is 5.26 Å². The fraction of sp³-hybridized carbons (Fsp3) is 0.111. The Hall–Kier alpha value is -2.49. The highest BCUT2D eigenvalue weighted by Gasteiger charge is 2.12. The second kappa shape index (κ2) is 8.56. The van der Waals surface area contributed by atoms with Gasteiger partial charge in [0.1, 0.15) is 17.4 Å². The largest absolute Gasteiger partial charge is 0.497 e. The number of benzene rings is 2. The molecule has 1 N–H and O–H groups in total. The maximum atomic E-state index is 12.3. The number of carbonyl (C=O) groups excluding carboxylic acids is 1. The van der Waals surface area contributed by atoms with E-state index in [1.54, 1.807) is 43.5 Å². The number of halogens is 2. The molecule has 25 heavy (non-hydrogen) atoms. The average molecular weight is 422 g/mol. The van der Waals surface area contributed by atoms with Gasteiger partial charge in [-0.05, 0) is 64.0 Å². The lowest BCUT2D eigenvalue weighted by molar-refractivity contribution is -0.112. The summed E-state index contributed by atoms with van der Waals surface area (Å²) in [7, 11) is 3.06. The van der Waals surface area contributed by atoms with Gasteiger partial charge in [-0.3, -0.25) is 4.79 Å². The lowest BCUT2D eigenvalue weighted by Gasteiger charge is -2.08. The van der Waals surface area contributed by atoms with Gasteiger partial charge in [-0.1, -0.05) is 11.6 Å². The SMILES string of the molecule is COc1ccc(NC(=O)/C(C#N)=C\c2cc(Cl)c(OC)c(Br)c2)cc1. The molecule has 2 aromatic carbocycles. The van der Waals surface area contributed by atoms with Crippen molar-refractivity contribution in [2.75, 3.05) is 19.5 Å². The van der Waals surface area contributed by atoms with Crippen LogP contribution in [-0.2, 0) is 4.79 Å². The Morgan fingerprint density at radius 3 is 2.44 bits per heavy atom. The molecule has 128 valence electrons. The van der Waals surface area contributed by atoms with Crippen molar-refractivity contribution in [3.63, 3.8) is 0 Å². The Morgan fingerprint density at radius 2 is 1.92 bits per heavy atom. The molecule has 0 aliphatic carbocycles. The van der Waals surface area contributed by atoms with Gasteiger partial charge in [0.2, 0.25) is 0 Å². The van der Waals surface area contributed by atoms with Crippen molar-refractivity contribution in [1.82, 2.24) is 0 Å². The summed E-state index contributed by atoms with van der Waals surface area (Å²) < 4.78 is 10.8. The first-order valence-corrected chi connectivity index (χ1v) is 8.25. The number of nitrogens with one attached hydrogen (secondary N) is 1. The zero-order valence-electron chi connectivity index (χ0n) is 13.5. The molecule has 0 saturated heterocycles. The number of methoxy groups -OCH3 is 2. The first-order chi connectivity index (χ1) is 12.0. The van der Waals surface area contributed by atoms with Gasteiger partial charge < -0.3 is 14.8 Å². The summed E-state index contributed by atoms with van der Waals surface area (Å²) in [5.74, 6) is 0.641. The molecule has 0 spiro atoms. The number of rotatable bonds is 5. The van der Waals surface area contributed by atoms with Crippen LogP contribution in [0.1, 0.15) is 5.56 Å². The molecule has 7 heteroatoms. The Labute approximate surface area is 158 Å². The summed E-state index contributed by atoms with van der Waals surface area (Å²) in [5.41, 5.74) is 1.10. The van der Waals surface area contributed by atoms with Crippen LogP contribution in [0.3, 0.4) is 0 Å². The normalized spacial score (nSPS) is 10.8. The van der Waals surface area contributed by atoms with E-state index in [-0.39, 0.29) is 5.57 Å². The molecule has 0 fully saturated rings. The number of amides is 1. The molecule has 1 amide bonds. The maximum Gasteiger partial charge on any atom is 0.266 e. The van der Waals surface area contributed by atoms with Crippen molar-refractivity contribution < 1.29 is 14.3 Å². The van der Waals surface area contributed by atoms with Gasteiger partial charge in [-0.25, -0.2) is 0 Å². The van der Waals surface area contributed by atoms with Crippen molar-refractivity contribution in [3.8, 4) is 17.6 Å². The lowest BCUT2D eigenvalue weighted by Crippen LogP contribution is -2.13. The number of anilines is 1. The van der Waals surface area contributed by atoms with E-state index in [4.69, 9.17) is 21.1 Å². The molecule has 0 unspecified atom stereocenters. The van der Waals surface area contributed by atoms with Gasteiger partial charge >= 0.3 is 0 Å². The van der Waals surface area contributed by atoms with E-state index < -0.39 is 5.91 Å². The Balaban J connectivity index is 2.24. The molecule has 0 atom stereocenters. The second-order valence-electron chi connectivity index (χ2n) is 4.87. The van der Waals surface area contributed by atoms with Crippen LogP contribution in [0.5, 0.6) is 11.5 Å². The third kappa shape index (κ3) is 4.75. The smallest absolute Gasteiger partial charge is 0.266 e. The topological polar surface area (TPSA) is 71.3 Å². The van der Waals surface area contributed by atoms with Crippen molar-refractivity contribution in [2.45, 2.75) is 0 Å². The van der Waals surface area contributed by atoms with Crippen LogP contribution in [-0.4, -0.2) is 20.1 Å². The van der Waals surface area contributed by atoms with Gasteiger partial charge in [-0.15, -0.1) is 0 Å². The molecule has 0 aliphatic rings. The highest BCUT2D eigenvalue weighted by atomic mass is 79.9. The molecule has 0 radical (unpaired) electrons. The van der Waals surface area contributed by atoms with Crippen LogP contribution in [0.2, 0.25) is 5.02 Å². The predicted octanol–water partition coefficient (Wildman–Crippen LogP) is 4.67. The fourth-order valence-corrected chi connectivity index (χ4v) is 3.10. The minimum atomic E-state index is -0.518. The average Bonchev–Trinajstić information content (AvgIpc) is 2.60. The molecule has 0 aromatic heterocycles. The fourth-order valence-electron chi connectivity index (χ4n) is 2.05. The number of nitrogens with zero attached hydrogens (tertiary/aromatic N) is 1. The van der Waals surface area contributed by atoms with Gasteiger partial charge in [0, 0.05) is 5.69 Å². The predicted molar refractivity (Wildman–Crippen MR) is 101 cm³/mol. The van der Waals surface area contributed by atoms with Crippen LogP contribution in [0, 0.1) is 11.3 Å². The second-order valence-corrected chi connectivity index (χ2v) is 6.13. The van der Waals surface area contributed by atoms with E-state index in [9.17, 15) is 10.1 Å². The molecule has 5 nitrogen and oxygen atoms in total. The summed E-state index contributed by atoms with van der Waals surface area (Å²) in [5, 5.41) is 12.3. The minimum Gasteiger partial charge on any atom is -0.497 e. The summed E-state index contributed by atoms with van der Waals surface area (Å²) in [4.78, 5) is 12.3. The monoisotopic (exact) mass is 420 g/mol. The van der Waals surface area contributed by atoms with Crippen LogP contribution >= 0.6 is 27.5 Å². The number of hydrogen-bond acceptors (Lipinski definition) is 4. The van der Waals surface area contributed by atoms with Crippen molar-refractivity contribution in [3.05, 3.63) is 57.0 Å². The summed E-state index contributed by atoms with van der Waals surface area (Å²) >= 11 is 9.46. The van der Waals surface area contributed by atoms with Crippen LogP contribution < -0.4 is 14.8 Å². The van der Waals surface area contributed by atoms with Crippen LogP contribution in [0.4, 0.5) is 5.69 Å². The number of nitriles is 1. The Morgan fingerprint density at radius 1 is 1.24 bits per heavy atom. The van der Waals surface area contributed by atoms with Gasteiger partial charge in [0.05, 0.1) is 23.7 Å². The Bertz CT molecular complexity index is 835. The van der Waals surface area contributed by atoms with Crippen molar-refractivity contribution in [2.24, 2.45) is 0 Å². The lowest BCUT2D eigenvalue weighted by atomic mass is 10.1. The minimum absolute atomic E-state index is 0.0519. The van der Waals surface area contributed by atoms with E-state index in [1.807, 2.05) is 6.07 Å². The van der Waals surface area contributed by atoms with Crippen LogP contribution in [0.15, 0.2) is 46.4 Å². The number of carbonyl (C=O) groups is 1. The quantitative estimate of drug-likeness (QED) is 0.563. The number of ether oxygens (including phenoxy) is 2. The Kier molecular flexibility index (Phi) is 6.45. The van der Waals surface area contributed by atoms with Gasteiger partial charge in [0.25, 0.3) is 5.91 Å². The molecule has 0 heterocycles. The highest BCUT2D eigenvalue weighted by Crippen LogP contribution is 2.34.